The second-order valence-electron chi connectivity index (χ2n) is 5.99. The van der Waals surface area contributed by atoms with E-state index in [1.165, 1.54) is 25.7 Å². The number of carbonyl (C=O) groups is 1. The molecular formula is C16H33N3O. The first kappa shape index (κ1) is 17.4. The molecule has 0 unspecified atom stereocenters. The maximum Gasteiger partial charge on any atom is 0.234 e. The average molecular weight is 283 g/mol. The van der Waals surface area contributed by atoms with E-state index < -0.39 is 0 Å². The van der Waals surface area contributed by atoms with Crippen molar-refractivity contribution >= 4 is 5.91 Å². The summed E-state index contributed by atoms with van der Waals surface area (Å²) >= 11 is 0. The van der Waals surface area contributed by atoms with E-state index in [-0.39, 0.29) is 5.91 Å². The van der Waals surface area contributed by atoms with Gasteiger partial charge >= 0.3 is 0 Å². The molecule has 1 aliphatic rings. The first-order chi connectivity index (χ1) is 9.71. The predicted octanol–water partition coefficient (Wildman–Crippen LogP) is 2.27. The summed E-state index contributed by atoms with van der Waals surface area (Å²) in [5.41, 5.74) is 5.68. The zero-order chi connectivity index (χ0) is 14.8. The van der Waals surface area contributed by atoms with Crippen molar-refractivity contribution in [2.45, 2.75) is 77.3 Å². The van der Waals surface area contributed by atoms with E-state index in [0.717, 1.165) is 32.2 Å². The van der Waals surface area contributed by atoms with E-state index in [0.29, 0.717) is 25.2 Å². The highest BCUT2D eigenvalue weighted by Gasteiger charge is 2.20. The van der Waals surface area contributed by atoms with Gasteiger partial charge in [0.25, 0.3) is 0 Å². The molecule has 0 radical (unpaired) electrons. The highest BCUT2D eigenvalue weighted by atomic mass is 16.2. The molecule has 0 spiro atoms. The van der Waals surface area contributed by atoms with Gasteiger partial charge in [0, 0.05) is 25.2 Å². The normalized spacial score (nSPS) is 17.4. The monoisotopic (exact) mass is 283 g/mol. The summed E-state index contributed by atoms with van der Waals surface area (Å²) in [7, 11) is 0. The van der Waals surface area contributed by atoms with Crippen molar-refractivity contribution in [3.63, 3.8) is 0 Å². The zero-order valence-electron chi connectivity index (χ0n) is 13.4. The lowest BCUT2D eigenvalue weighted by Gasteiger charge is -2.30. The summed E-state index contributed by atoms with van der Waals surface area (Å²) in [6, 6.07) is 0.866. The van der Waals surface area contributed by atoms with Crippen LogP contribution in [0.2, 0.25) is 0 Å². The van der Waals surface area contributed by atoms with Crippen molar-refractivity contribution in [2.24, 2.45) is 5.73 Å². The smallest absolute Gasteiger partial charge is 0.234 e. The Balaban J connectivity index is 2.43. The van der Waals surface area contributed by atoms with Crippen LogP contribution in [0, 0.1) is 0 Å². The minimum Gasteiger partial charge on any atom is -0.352 e. The van der Waals surface area contributed by atoms with Crippen LogP contribution in [0.4, 0.5) is 0 Å². The molecule has 1 amide bonds. The molecule has 1 saturated carbocycles. The number of hydrogen-bond donors (Lipinski definition) is 2. The molecule has 4 heteroatoms. The molecule has 0 aromatic heterocycles. The first-order valence-corrected chi connectivity index (χ1v) is 8.44. The molecule has 0 aliphatic heterocycles. The minimum atomic E-state index is 0.178. The Labute approximate surface area is 124 Å². The summed E-state index contributed by atoms with van der Waals surface area (Å²) in [5.74, 6) is 0.178. The second-order valence-corrected chi connectivity index (χ2v) is 5.99. The summed E-state index contributed by atoms with van der Waals surface area (Å²) < 4.78 is 0. The van der Waals surface area contributed by atoms with Crippen LogP contribution in [-0.2, 0) is 4.79 Å². The Morgan fingerprint density at radius 3 is 2.30 bits per heavy atom. The number of nitrogens with zero attached hydrogens (tertiary/aromatic N) is 1. The molecule has 3 N–H and O–H groups in total. The third-order valence-electron chi connectivity index (χ3n) is 4.44. The quantitative estimate of drug-likeness (QED) is 0.672. The van der Waals surface area contributed by atoms with Crippen molar-refractivity contribution in [1.29, 1.82) is 0 Å². The van der Waals surface area contributed by atoms with E-state index in [2.05, 4.69) is 24.1 Å². The lowest BCUT2D eigenvalue weighted by Crippen LogP contribution is -2.47. The highest BCUT2D eigenvalue weighted by molar-refractivity contribution is 5.78. The molecule has 1 rings (SSSR count). The molecule has 1 aliphatic carbocycles. The Morgan fingerprint density at radius 2 is 1.80 bits per heavy atom. The van der Waals surface area contributed by atoms with E-state index >= 15 is 0 Å². The second kappa shape index (κ2) is 10.2. The van der Waals surface area contributed by atoms with Gasteiger partial charge in [-0.2, -0.15) is 0 Å². The van der Waals surface area contributed by atoms with Gasteiger partial charge < -0.3 is 11.1 Å². The molecule has 0 saturated heterocycles. The molecule has 4 nitrogen and oxygen atoms in total. The fourth-order valence-electron chi connectivity index (χ4n) is 3.24. The van der Waals surface area contributed by atoms with Crippen molar-refractivity contribution in [3.8, 4) is 0 Å². The molecule has 20 heavy (non-hydrogen) atoms. The third-order valence-corrected chi connectivity index (χ3v) is 4.44. The maximum atomic E-state index is 12.3. The van der Waals surface area contributed by atoms with Gasteiger partial charge in [-0.15, -0.1) is 0 Å². The lowest BCUT2D eigenvalue weighted by atomic mass is 10.1. The zero-order valence-corrected chi connectivity index (χ0v) is 13.4. The van der Waals surface area contributed by atoms with E-state index in [1.54, 1.807) is 0 Å². The van der Waals surface area contributed by atoms with Gasteiger partial charge in [-0.05, 0) is 25.7 Å². The van der Waals surface area contributed by atoms with Crippen LogP contribution < -0.4 is 11.1 Å². The van der Waals surface area contributed by atoms with Crippen molar-refractivity contribution in [3.05, 3.63) is 0 Å². The Kier molecular flexibility index (Phi) is 8.86. The first-order valence-electron chi connectivity index (χ1n) is 8.44. The fraction of sp³-hybridized carbons (Fsp3) is 0.938. The summed E-state index contributed by atoms with van der Waals surface area (Å²) in [6.07, 6.45) is 9.59. The molecule has 0 aromatic carbocycles. The highest BCUT2D eigenvalue weighted by Crippen LogP contribution is 2.17. The topological polar surface area (TPSA) is 58.4 Å². The van der Waals surface area contributed by atoms with Crippen LogP contribution in [0.1, 0.15) is 65.2 Å². The summed E-state index contributed by atoms with van der Waals surface area (Å²) in [5, 5.41) is 3.23. The predicted molar refractivity (Wildman–Crippen MR) is 84.6 cm³/mol. The largest absolute Gasteiger partial charge is 0.352 e. The van der Waals surface area contributed by atoms with Gasteiger partial charge in [-0.3, -0.25) is 9.69 Å². The Bertz CT molecular complexity index is 258. The Morgan fingerprint density at radius 1 is 1.20 bits per heavy atom. The number of nitrogens with one attached hydrogen (secondary N) is 1. The van der Waals surface area contributed by atoms with Gasteiger partial charge in [0.2, 0.25) is 5.91 Å². The van der Waals surface area contributed by atoms with Gasteiger partial charge in [0.15, 0.2) is 0 Å². The molecule has 118 valence electrons. The van der Waals surface area contributed by atoms with Gasteiger partial charge in [-0.1, -0.05) is 39.5 Å². The fourth-order valence-corrected chi connectivity index (χ4v) is 3.24. The molecule has 0 heterocycles. The molecule has 1 fully saturated rings. The summed E-state index contributed by atoms with van der Waals surface area (Å²) in [6.45, 7) is 6.29. The number of amides is 1. The van der Waals surface area contributed by atoms with Gasteiger partial charge in [-0.25, -0.2) is 0 Å². The third kappa shape index (κ3) is 6.23. The van der Waals surface area contributed by atoms with Crippen LogP contribution in [0.5, 0.6) is 0 Å². The molecular weight excluding hydrogens is 250 g/mol. The minimum absolute atomic E-state index is 0.178. The van der Waals surface area contributed by atoms with Crippen LogP contribution in [-0.4, -0.2) is 42.5 Å². The standard InChI is InChI=1S/C16H33N3O/c1-3-15(4-2)19(12-11-17)13-16(20)18-14-9-7-5-6-8-10-14/h14-15H,3-13,17H2,1-2H3,(H,18,20). The van der Waals surface area contributed by atoms with Crippen LogP contribution >= 0.6 is 0 Å². The van der Waals surface area contributed by atoms with E-state index in [4.69, 9.17) is 5.73 Å². The average Bonchev–Trinajstić information content (AvgIpc) is 2.69. The van der Waals surface area contributed by atoms with Crippen LogP contribution in [0.25, 0.3) is 0 Å². The molecule has 0 bridgehead atoms. The van der Waals surface area contributed by atoms with Crippen LogP contribution in [0.3, 0.4) is 0 Å². The van der Waals surface area contributed by atoms with E-state index in [1.807, 2.05) is 0 Å². The van der Waals surface area contributed by atoms with Gasteiger partial charge in [0.05, 0.1) is 6.54 Å². The van der Waals surface area contributed by atoms with Crippen LogP contribution in [0.15, 0.2) is 0 Å². The number of nitrogens with two attached hydrogens (primary N) is 1. The number of rotatable bonds is 8. The summed E-state index contributed by atoms with van der Waals surface area (Å²) in [4.78, 5) is 14.5. The van der Waals surface area contributed by atoms with E-state index in [9.17, 15) is 4.79 Å². The Hall–Kier alpha value is -0.610. The van der Waals surface area contributed by atoms with Crippen molar-refractivity contribution < 1.29 is 4.79 Å². The SMILES string of the molecule is CCC(CC)N(CCN)CC(=O)NC1CCCCCC1. The number of hydrogen-bond acceptors (Lipinski definition) is 3. The van der Waals surface area contributed by atoms with Crippen molar-refractivity contribution in [2.75, 3.05) is 19.6 Å². The lowest BCUT2D eigenvalue weighted by molar-refractivity contribution is -0.123. The number of carbonyl (C=O) groups excluding carboxylic acids is 1. The maximum absolute atomic E-state index is 12.3. The van der Waals surface area contributed by atoms with Gasteiger partial charge in [0.1, 0.15) is 0 Å². The molecule has 0 atom stereocenters. The van der Waals surface area contributed by atoms with Crippen molar-refractivity contribution in [1.82, 2.24) is 10.2 Å². The molecule has 0 aromatic rings.